The Hall–Kier alpha value is -0.450. The summed E-state index contributed by atoms with van der Waals surface area (Å²) in [6.45, 7) is 10.2. The highest BCUT2D eigenvalue weighted by Gasteiger charge is 2.68. The van der Waals surface area contributed by atoms with Crippen molar-refractivity contribution >= 4 is 10.4 Å². The van der Waals surface area contributed by atoms with Crippen LogP contribution in [0.15, 0.2) is 0 Å². The van der Waals surface area contributed by atoms with Crippen LogP contribution in [0, 0.1) is 52.3 Å². The van der Waals surface area contributed by atoms with Gasteiger partial charge < -0.3 is 40.1 Å². The monoisotopic (exact) mass is 664 g/mol. The van der Waals surface area contributed by atoms with E-state index in [2.05, 4.69) is 20.8 Å². The average molecular weight is 665 g/mol. The zero-order valence-electron chi connectivity index (χ0n) is 27.2. The predicted octanol–water partition coefficient (Wildman–Crippen LogP) is 1.64. The van der Waals surface area contributed by atoms with Crippen LogP contribution >= 0.6 is 0 Å². The molecule has 0 aromatic heterocycles. The van der Waals surface area contributed by atoms with Gasteiger partial charge in [-0.1, -0.05) is 34.6 Å². The fourth-order valence-electron chi connectivity index (χ4n) is 10.7. The van der Waals surface area contributed by atoms with Crippen molar-refractivity contribution in [3.05, 3.63) is 0 Å². The van der Waals surface area contributed by atoms with Crippen molar-refractivity contribution in [1.29, 1.82) is 0 Å². The molecule has 5 aliphatic rings. The fourth-order valence-corrected chi connectivity index (χ4v) is 11.2. The highest BCUT2D eigenvalue weighted by atomic mass is 32.3. The van der Waals surface area contributed by atoms with Crippen molar-refractivity contribution < 1.29 is 57.3 Å². The molecule has 45 heavy (non-hydrogen) atoms. The predicted molar refractivity (Wildman–Crippen MR) is 162 cm³/mol. The van der Waals surface area contributed by atoms with Gasteiger partial charge in [-0.25, -0.2) is 4.18 Å². The summed E-state index contributed by atoms with van der Waals surface area (Å²) in [5, 5.41) is 63.9. The molecule has 1 aliphatic heterocycles. The van der Waals surface area contributed by atoms with Crippen molar-refractivity contribution in [1.82, 2.24) is 0 Å². The van der Waals surface area contributed by atoms with E-state index < -0.39 is 76.7 Å². The molecule has 12 nitrogen and oxygen atoms in total. The molecule has 0 spiro atoms. The molecule has 0 bridgehead atoms. The number of fused-ring (bicyclic) bond motifs is 5. The molecule has 0 aromatic rings. The minimum atomic E-state index is -4.79. The van der Waals surface area contributed by atoms with Crippen LogP contribution in [-0.4, -0.2) is 105 Å². The second kappa shape index (κ2) is 13.1. The lowest BCUT2D eigenvalue weighted by Crippen LogP contribution is -2.65. The third-order valence-corrected chi connectivity index (χ3v) is 13.6. The second-order valence-corrected chi connectivity index (χ2v) is 17.0. The largest absolute Gasteiger partial charge is 0.397 e. The molecule has 5 rings (SSSR count). The Morgan fingerprint density at radius 3 is 2.16 bits per heavy atom. The standard InChI is InChI=1S/C32H56O12S/c1-15(2)22(43-30-29(38)27(36)21(34)14-42-30)7-6-16(3)19-13-23(44-45(39,40)41)25-24-18(9-11-32(19,25)5)31(4)10-8-17(33)12-20(31)26(35)28(24)37/h15-30,33-38H,6-14H2,1-5H3,(H,39,40,41)/t16-,17+,18+,19-,20-,21-,22+,23+,24-,25+,26-,27+,28+,29+,30?,31-,32-/m1/s1. The van der Waals surface area contributed by atoms with Crippen LogP contribution < -0.4 is 0 Å². The van der Waals surface area contributed by atoms with Gasteiger partial charge in [0, 0.05) is 0 Å². The lowest BCUT2D eigenvalue weighted by Gasteiger charge is -2.64. The van der Waals surface area contributed by atoms with E-state index in [-0.39, 0.29) is 47.7 Å². The van der Waals surface area contributed by atoms with Gasteiger partial charge in [-0.2, -0.15) is 8.42 Å². The SMILES string of the molecule is CC(C)[C@H](CC[C@@H](C)[C@H]1C[C@H](OS(=O)(=O)O)[C@H]2[C@@H]3[C@H](O)[C@H](O)[C@H]4C[C@@H](O)CC[C@]4(C)[C@H]3CC[C@@]21C)OC1OC[C@@H](O)[C@H](O)[C@@H]1O. The molecule has 0 radical (unpaired) electrons. The zero-order valence-corrected chi connectivity index (χ0v) is 28.0. The van der Waals surface area contributed by atoms with Gasteiger partial charge in [0.25, 0.3) is 0 Å². The Kier molecular flexibility index (Phi) is 10.4. The minimum Gasteiger partial charge on any atom is -0.393 e. The maximum absolute atomic E-state index is 12.1. The molecule has 1 saturated heterocycles. The summed E-state index contributed by atoms with van der Waals surface area (Å²) < 4.78 is 51.1. The number of aliphatic hydroxyl groups excluding tert-OH is 6. The van der Waals surface area contributed by atoms with Crippen molar-refractivity contribution in [2.45, 2.75) is 141 Å². The Labute approximate surface area is 267 Å². The van der Waals surface area contributed by atoms with E-state index in [0.29, 0.717) is 38.5 Å². The van der Waals surface area contributed by atoms with E-state index in [0.717, 1.165) is 12.8 Å². The van der Waals surface area contributed by atoms with Crippen molar-refractivity contribution in [3.8, 4) is 0 Å². The molecule has 1 heterocycles. The van der Waals surface area contributed by atoms with Crippen molar-refractivity contribution in [2.75, 3.05) is 6.61 Å². The van der Waals surface area contributed by atoms with Crippen LogP contribution in [0.25, 0.3) is 0 Å². The van der Waals surface area contributed by atoms with Gasteiger partial charge in [0.05, 0.1) is 37.1 Å². The Balaban J connectivity index is 1.37. The minimum absolute atomic E-state index is 0.00235. The van der Waals surface area contributed by atoms with Crippen LogP contribution in [0.5, 0.6) is 0 Å². The normalized spacial score (nSPS) is 50.0. The first-order chi connectivity index (χ1) is 20.9. The first kappa shape index (κ1) is 35.8. The number of ether oxygens (including phenoxy) is 2. The highest BCUT2D eigenvalue weighted by Crippen LogP contribution is 2.69. The number of rotatable bonds is 9. The smallest absolute Gasteiger partial charge is 0.393 e. The van der Waals surface area contributed by atoms with Crippen LogP contribution in [-0.2, 0) is 24.1 Å². The van der Waals surface area contributed by atoms with Gasteiger partial charge in [-0.3, -0.25) is 4.55 Å². The Bertz CT molecular complexity index is 1140. The maximum Gasteiger partial charge on any atom is 0.397 e. The van der Waals surface area contributed by atoms with Gasteiger partial charge >= 0.3 is 10.4 Å². The van der Waals surface area contributed by atoms with Gasteiger partial charge in [-0.05, 0) is 104 Å². The molecule has 4 saturated carbocycles. The van der Waals surface area contributed by atoms with Crippen molar-refractivity contribution in [3.63, 3.8) is 0 Å². The van der Waals surface area contributed by atoms with Gasteiger partial charge in [-0.15, -0.1) is 0 Å². The molecule has 5 fully saturated rings. The molecule has 1 unspecified atom stereocenters. The lowest BCUT2D eigenvalue weighted by molar-refractivity contribution is -0.286. The number of hydrogen-bond acceptors (Lipinski definition) is 11. The topological polar surface area (TPSA) is 203 Å². The van der Waals surface area contributed by atoms with E-state index in [1.54, 1.807) is 0 Å². The average Bonchev–Trinajstić information content (AvgIpc) is 3.24. The Morgan fingerprint density at radius 1 is 0.844 bits per heavy atom. The van der Waals surface area contributed by atoms with E-state index >= 15 is 0 Å². The molecule has 262 valence electrons. The van der Waals surface area contributed by atoms with Gasteiger partial charge in [0.15, 0.2) is 6.29 Å². The van der Waals surface area contributed by atoms with E-state index in [1.165, 1.54) is 0 Å². The van der Waals surface area contributed by atoms with Crippen LogP contribution in [0.2, 0.25) is 0 Å². The third-order valence-electron chi connectivity index (χ3n) is 13.1. The summed E-state index contributed by atoms with van der Waals surface area (Å²) in [6, 6.07) is 0. The molecule has 0 aromatic carbocycles. The zero-order chi connectivity index (χ0) is 33.2. The first-order valence-electron chi connectivity index (χ1n) is 16.9. The number of hydrogen-bond donors (Lipinski definition) is 7. The summed E-state index contributed by atoms with van der Waals surface area (Å²) >= 11 is 0. The highest BCUT2D eigenvalue weighted by molar-refractivity contribution is 7.80. The quantitative estimate of drug-likeness (QED) is 0.176. The summed E-state index contributed by atoms with van der Waals surface area (Å²) in [5.74, 6) is -1.01. The van der Waals surface area contributed by atoms with Gasteiger partial charge in [0.2, 0.25) is 0 Å². The van der Waals surface area contributed by atoms with E-state index in [4.69, 9.17) is 13.7 Å². The second-order valence-electron chi connectivity index (χ2n) is 15.9. The first-order valence-corrected chi connectivity index (χ1v) is 18.3. The lowest BCUT2D eigenvalue weighted by atomic mass is 9.43. The molecule has 4 aliphatic carbocycles. The van der Waals surface area contributed by atoms with Crippen LogP contribution in [0.4, 0.5) is 0 Å². The van der Waals surface area contributed by atoms with Gasteiger partial charge in [0.1, 0.15) is 18.3 Å². The molecular formula is C32H56O12S. The maximum atomic E-state index is 12.1. The van der Waals surface area contributed by atoms with Crippen LogP contribution in [0.1, 0.15) is 86.0 Å². The summed E-state index contributed by atoms with van der Waals surface area (Å²) in [5.41, 5.74) is -0.765. The molecule has 13 heteroatoms. The summed E-state index contributed by atoms with van der Waals surface area (Å²) in [4.78, 5) is 0. The molecular weight excluding hydrogens is 608 g/mol. The third kappa shape index (κ3) is 6.62. The van der Waals surface area contributed by atoms with E-state index in [9.17, 15) is 43.6 Å². The fraction of sp³-hybridized carbons (Fsp3) is 1.00. The summed E-state index contributed by atoms with van der Waals surface area (Å²) in [7, 11) is -4.79. The Morgan fingerprint density at radius 2 is 1.51 bits per heavy atom. The van der Waals surface area contributed by atoms with Crippen LogP contribution in [0.3, 0.4) is 0 Å². The molecule has 7 N–H and O–H groups in total. The molecule has 0 amide bonds. The number of aliphatic hydroxyl groups is 6. The van der Waals surface area contributed by atoms with Crippen molar-refractivity contribution in [2.24, 2.45) is 52.3 Å². The molecule has 17 atom stereocenters. The summed E-state index contributed by atoms with van der Waals surface area (Å²) in [6.07, 6.45) is -3.91. The van der Waals surface area contributed by atoms with E-state index in [1.807, 2.05) is 13.8 Å².